The number of anilines is 1. The molecule has 0 aliphatic heterocycles. The molecule has 0 atom stereocenters. The molecule has 1 amide bonds. The van der Waals surface area contributed by atoms with E-state index in [2.05, 4.69) is 34.4 Å². The maximum Gasteiger partial charge on any atom is 0.270 e. The minimum Gasteiger partial charge on any atom is -0.354 e. The number of carbonyl (C=O) groups is 1. The van der Waals surface area contributed by atoms with Gasteiger partial charge in [-0.3, -0.25) is 4.79 Å². The minimum atomic E-state index is -0.128. The van der Waals surface area contributed by atoms with Crippen LogP contribution in [0.3, 0.4) is 0 Å². The van der Waals surface area contributed by atoms with E-state index in [4.69, 9.17) is 0 Å². The van der Waals surface area contributed by atoms with E-state index in [1.54, 1.807) is 12.3 Å². The van der Waals surface area contributed by atoms with Crippen molar-refractivity contribution in [3.05, 3.63) is 18.0 Å². The highest BCUT2D eigenvalue weighted by Crippen LogP contribution is 2.01. The monoisotopic (exact) mass is 264 g/mol. The lowest BCUT2D eigenvalue weighted by atomic mass is 10.2. The van der Waals surface area contributed by atoms with Crippen molar-refractivity contribution in [3.63, 3.8) is 0 Å². The van der Waals surface area contributed by atoms with Crippen LogP contribution >= 0.6 is 0 Å². The fraction of sp³-hybridized carbons (Fsp3) is 0.643. The zero-order valence-electron chi connectivity index (χ0n) is 11.9. The Labute approximate surface area is 115 Å². The second-order valence-corrected chi connectivity index (χ2v) is 4.51. The average Bonchev–Trinajstić information content (AvgIpc) is 2.44. The van der Waals surface area contributed by atoms with Crippen LogP contribution in [0.5, 0.6) is 0 Å². The fourth-order valence-corrected chi connectivity index (χ4v) is 1.61. The third-order valence-electron chi connectivity index (χ3n) is 2.77. The Morgan fingerprint density at radius 3 is 2.68 bits per heavy atom. The Bertz CT molecular complexity index is 381. The molecule has 1 rings (SSSR count). The standard InChI is InChI=1S/C14H24N4O/c1-3-5-7-10-15-13(19)12-8-11-17-14(18-12)16-9-6-4-2/h8,11H,3-7,9-10H2,1-2H3,(H,15,19)(H,16,17,18). The van der Waals surface area contributed by atoms with Crippen LogP contribution in [0.2, 0.25) is 0 Å². The molecule has 5 nitrogen and oxygen atoms in total. The number of rotatable bonds is 9. The molecule has 1 aromatic rings. The first-order chi connectivity index (χ1) is 9.27. The molecule has 1 heterocycles. The molecular weight excluding hydrogens is 240 g/mol. The van der Waals surface area contributed by atoms with Gasteiger partial charge in [0, 0.05) is 19.3 Å². The molecular formula is C14H24N4O. The van der Waals surface area contributed by atoms with Crippen molar-refractivity contribution in [3.8, 4) is 0 Å². The Kier molecular flexibility index (Phi) is 7.54. The fourth-order valence-electron chi connectivity index (χ4n) is 1.61. The molecule has 106 valence electrons. The van der Waals surface area contributed by atoms with Gasteiger partial charge in [0.15, 0.2) is 0 Å². The largest absolute Gasteiger partial charge is 0.354 e. The number of hydrogen-bond acceptors (Lipinski definition) is 4. The van der Waals surface area contributed by atoms with Crippen molar-refractivity contribution in [2.75, 3.05) is 18.4 Å². The number of nitrogens with one attached hydrogen (secondary N) is 2. The van der Waals surface area contributed by atoms with Crippen molar-refractivity contribution in [1.82, 2.24) is 15.3 Å². The van der Waals surface area contributed by atoms with Crippen LogP contribution in [0.25, 0.3) is 0 Å². The Morgan fingerprint density at radius 1 is 1.16 bits per heavy atom. The predicted octanol–water partition coefficient (Wildman–Crippen LogP) is 2.61. The highest BCUT2D eigenvalue weighted by atomic mass is 16.1. The van der Waals surface area contributed by atoms with E-state index in [0.29, 0.717) is 18.2 Å². The van der Waals surface area contributed by atoms with E-state index >= 15 is 0 Å². The van der Waals surface area contributed by atoms with Gasteiger partial charge in [0.05, 0.1) is 0 Å². The Balaban J connectivity index is 2.43. The SMILES string of the molecule is CCCCCNC(=O)c1ccnc(NCCCC)n1. The second kappa shape index (κ2) is 9.30. The quantitative estimate of drug-likeness (QED) is 0.673. The summed E-state index contributed by atoms with van der Waals surface area (Å²) >= 11 is 0. The van der Waals surface area contributed by atoms with Crippen molar-refractivity contribution < 1.29 is 4.79 Å². The maximum atomic E-state index is 11.9. The number of hydrogen-bond donors (Lipinski definition) is 2. The highest BCUT2D eigenvalue weighted by molar-refractivity contribution is 5.92. The van der Waals surface area contributed by atoms with Crippen LogP contribution in [0.15, 0.2) is 12.3 Å². The van der Waals surface area contributed by atoms with E-state index < -0.39 is 0 Å². The number of carbonyl (C=O) groups excluding carboxylic acids is 1. The topological polar surface area (TPSA) is 66.9 Å². The van der Waals surface area contributed by atoms with Gasteiger partial charge >= 0.3 is 0 Å². The van der Waals surface area contributed by atoms with E-state index in [0.717, 1.165) is 38.6 Å². The van der Waals surface area contributed by atoms with E-state index in [-0.39, 0.29) is 5.91 Å². The third-order valence-corrected chi connectivity index (χ3v) is 2.77. The molecule has 0 unspecified atom stereocenters. The predicted molar refractivity (Wildman–Crippen MR) is 77.3 cm³/mol. The zero-order chi connectivity index (χ0) is 13.9. The number of nitrogens with zero attached hydrogens (tertiary/aromatic N) is 2. The summed E-state index contributed by atoms with van der Waals surface area (Å²) in [6.07, 6.45) is 7.08. The molecule has 2 N–H and O–H groups in total. The lowest BCUT2D eigenvalue weighted by Crippen LogP contribution is -2.25. The molecule has 0 bridgehead atoms. The number of aromatic nitrogens is 2. The second-order valence-electron chi connectivity index (χ2n) is 4.51. The molecule has 0 spiro atoms. The molecule has 0 aromatic carbocycles. The van der Waals surface area contributed by atoms with Crippen LogP contribution < -0.4 is 10.6 Å². The summed E-state index contributed by atoms with van der Waals surface area (Å²) < 4.78 is 0. The molecule has 0 saturated carbocycles. The first kappa shape index (κ1) is 15.4. The maximum absolute atomic E-state index is 11.9. The first-order valence-electron chi connectivity index (χ1n) is 7.13. The summed E-state index contributed by atoms with van der Waals surface area (Å²) in [5.41, 5.74) is 0.422. The summed E-state index contributed by atoms with van der Waals surface area (Å²) in [6, 6.07) is 1.64. The third kappa shape index (κ3) is 6.18. The molecule has 0 aliphatic carbocycles. The van der Waals surface area contributed by atoms with Gasteiger partial charge in [-0.15, -0.1) is 0 Å². The lowest BCUT2D eigenvalue weighted by molar-refractivity contribution is 0.0948. The van der Waals surface area contributed by atoms with Crippen molar-refractivity contribution in [2.45, 2.75) is 46.0 Å². The smallest absolute Gasteiger partial charge is 0.270 e. The first-order valence-corrected chi connectivity index (χ1v) is 7.13. The zero-order valence-corrected chi connectivity index (χ0v) is 11.9. The van der Waals surface area contributed by atoms with Gasteiger partial charge in [0.1, 0.15) is 5.69 Å². The van der Waals surface area contributed by atoms with Gasteiger partial charge in [0.2, 0.25) is 5.95 Å². The van der Waals surface area contributed by atoms with Crippen LogP contribution in [0, 0.1) is 0 Å². The minimum absolute atomic E-state index is 0.128. The van der Waals surface area contributed by atoms with Crippen LogP contribution in [0.1, 0.15) is 56.4 Å². The normalized spacial score (nSPS) is 10.2. The van der Waals surface area contributed by atoms with E-state index in [9.17, 15) is 4.79 Å². The van der Waals surface area contributed by atoms with Gasteiger partial charge in [0.25, 0.3) is 5.91 Å². The highest BCUT2D eigenvalue weighted by Gasteiger charge is 2.07. The molecule has 0 radical (unpaired) electrons. The molecule has 0 saturated heterocycles. The summed E-state index contributed by atoms with van der Waals surface area (Å²) in [5.74, 6) is 0.395. The molecule has 5 heteroatoms. The van der Waals surface area contributed by atoms with Gasteiger partial charge in [-0.25, -0.2) is 9.97 Å². The molecule has 1 aromatic heterocycles. The molecule has 0 aliphatic rings. The van der Waals surface area contributed by atoms with Crippen molar-refractivity contribution in [1.29, 1.82) is 0 Å². The summed E-state index contributed by atoms with van der Waals surface area (Å²) in [7, 11) is 0. The Hall–Kier alpha value is -1.65. The molecule has 19 heavy (non-hydrogen) atoms. The lowest BCUT2D eigenvalue weighted by Gasteiger charge is -2.06. The Morgan fingerprint density at radius 2 is 1.95 bits per heavy atom. The number of amides is 1. The van der Waals surface area contributed by atoms with Gasteiger partial charge in [-0.2, -0.15) is 0 Å². The van der Waals surface area contributed by atoms with Gasteiger partial charge in [-0.1, -0.05) is 33.1 Å². The van der Waals surface area contributed by atoms with Gasteiger partial charge < -0.3 is 10.6 Å². The van der Waals surface area contributed by atoms with Crippen LogP contribution in [-0.4, -0.2) is 29.0 Å². The van der Waals surface area contributed by atoms with E-state index in [1.165, 1.54) is 0 Å². The summed E-state index contributed by atoms with van der Waals surface area (Å²) in [4.78, 5) is 20.2. The van der Waals surface area contributed by atoms with Gasteiger partial charge in [-0.05, 0) is 18.9 Å². The summed E-state index contributed by atoms with van der Waals surface area (Å²) in [6.45, 7) is 5.80. The number of unbranched alkanes of at least 4 members (excludes halogenated alkanes) is 3. The van der Waals surface area contributed by atoms with Crippen LogP contribution in [0.4, 0.5) is 5.95 Å². The average molecular weight is 264 g/mol. The molecule has 0 fully saturated rings. The van der Waals surface area contributed by atoms with Crippen molar-refractivity contribution in [2.24, 2.45) is 0 Å². The van der Waals surface area contributed by atoms with Crippen LogP contribution in [-0.2, 0) is 0 Å². The summed E-state index contributed by atoms with van der Waals surface area (Å²) in [5, 5.41) is 5.99. The van der Waals surface area contributed by atoms with Crippen molar-refractivity contribution >= 4 is 11.9 Å². The van der Waals surface area contributed by atoms with E-state index in [1.807, 2.05) is 0 Å².